The van der Waals surface area contributed by atoms with Crippen LogP contribution >= 0.6 is 0 Å². The van der Waals surface area contributed by atoms with Crippen molar-refractivity contribution in [1.29, 1.82) is 5.26 Å². The molecule has 0 radical (unpaired) electrons. The molecule has 1 rings (SSSR count). The summed E-state index contributed by atoms with van der Waals surface area (Å²) in [5.41, 5.74) is -0.0223. The number of ether oxygens (including phenoxy) is 1. The van der Waals surface area contributed by atoms with E-state index in [0.717, 1.165) is 19.5 Å². The maximum absolute atomic E-state index is 13.2. The molecule has 0 saturated carbocycles. The highest BCUT2D eigenvalue weighted by atomic mass is 19.1. The van der Waals surface area contributed by atoms with Crippen LogP contribution in [0, 0.1) is 17.1 Å². The SMILES string of the molecule is CCNCCCOc1cccc(F)c1C#N. The molecule has 4 heteroatoms. The molecule has 0 bridgehead atoms. The minimum atomic E-state index is -0.535. The molecule has 0 spiro atoms. The molecule has 0 aromatic heterocycles. The van der Waals surface area contributed by atoms with Gasteiger partial charge in [-0.1, -0.05) is 13.0 Å². The van der Waals surface area contributed by atoms with Crippen LogP contribution in [0.2, 0.25) is 0 Å². The quantitative estimate of drug-likeness (QED) is 0.749. The Morgan fingerprint density at radius 1 is 1.50 bits per heavy atom. The monoisotopic (exact) mass is 222 g/mol. The van der Waals surface area contributed by atoms with Gasteiger partial charge in [0, 0.05) is 0 Å². The predicted molar refractivity (Wildman–Crippen MR) is 59.8 cm³/mol. The van der Waals surface area contributed by atoms with Crippen LogP contribution in [0.5, 0.6) is 5.75 Å². The first-order chi connectivity index (χ1) is 7.79. The zero-order chi connectivity index (χ0) is 11.8. The third-order valence-electron chi connectivity index (χ3n) is 2.09. The smallest absolute Gasteiger partial charge is 0.144 e. The van der Waals surface area contributed by atoms with E-state index in [0.29, 0.717) is 12.4 Å². The van der Waals surface area contributed by atoms with E-state index in [2.05, 4.69) is 5.32 Å². The van der Waals surface area contributed by atoms with Gasteiger partial charge >= 0.3 is 0 Å². The van der Waals surface area contributed by atoms with Crippen LogP contribution < -0.4 is 10.1 Å². The van der Waals surface area contributed by atoms with Gasteiger partial charge in [0.2, 0.25) is 0 Å². The Morgan fingerprint density at radius 2 is 2.31 bits per heavy atom. The topological polar surface area (TPSA) is 45.0 Å². The van der Waals surface area contributed by atoms with Gasteiger partial charge in [-0.2, -0.15) is 5.26 Å². The third-order valence-corrected chi connectivity index (χ3v) is 2.09. The van der Waals surface area contributed by atoms with Crippen LogP contribution in [0.3, 0.4) is 0 Å². The summed E-state index contributed by atoms with van der Waals surface area (Å²) in [5.74, 6) is -0.217. The van der Waals surface area contributed by atoms with Crippen LogP contribution in [0.25, 0.3) is 0 Å². The van der Waals surface area contributed by atoms with Crippen LogP contribution in [-0.4, -0.2) is 19.7 Å². The van der Waals surface area contributed by atoms with E-state index in [1.807, 2.05) is 6.92 Å². The minimum Gasteiger partial charge on any atom is -0.492 e. The Bertz CT molecular complexity index is 374. The van der Waals surface area contributed by atoms with Crippen molar-refractivity contribution < 1.29 is 9.13 Å². The third kappa shape index (κ3) is 3.52. The van der Waals surface area contributed by atoms with Crippen LogP contribution in [0.1, 0.15) is 18.9 Å². The molecule has 0 amide bonds. The number of nitriles is 1. The van der Waals surface area contributed by atoms with Crippen molar-refractivity contribution in [1.82, 2.24) is 5.32 Å². The number of nitrogens with zero attached hydrogens (tertiary/aromatic N) is 1. The molecular formula is C12H15FN2O. The molecule has 0 atom stereocenters. The van der Waals surface area contributed by atoms with Gasteiger partial charge in [0.05, 0.1) is 6.61 Å². The van der Waals surface area contributed by atoms with Crippen molar-refractivity contribution in [3.63, 3.8) is 0 Å². The molecule has 0 aliphatic carbocycles. The fourth-order valence-corrected chi connectivity index (χ4v) is 1.29. The molecule has 3 nitrogen and oxygen atoms in total. The second-order valence-electron chi connectivity index (χ2n) is 3.28. The standard InChI is InChI=1S/C12H15FN2O/c1-2-15-7-4-8-16-12-6-3-5-11(13)10(12)9-14/h3,5-6,15H,2,4,7-8H2,1H3. The average molecular weight is 222 g/mol. The van der Waals surface area contributed by atoms with Crippen molar-refractivity contribution in [3.05, 3.63) is 29.6 Å². The van der Waals surface area contributed by atoms with E-state index in [1.165, 1.54) is 12.1 Å². The molecule has 0 aliphatic heterocycles. The van der Waals surface area contributed by atoms with Crippen molar-refractivity contribution in [2.24, 2.45) is 0 Å². The first-order valence-electron chi connectivity index (χ1n) is 5.31. The van der Waals surface area contributed by atoms with Crippen molar-refractivity contribution in [2.75, 3.05) is 19.7 Å². The van der Waals surface area contributed by atoms with Gasteiger partial charge < -0.3 is 10.1 Å². The highest BCUT2D eigenvalue weighted by Crippen LogP contribution is 2.20. The second kappa shape index (κ2) is 6.81. The first kappa shape index (κ1) is 12.5. The molecule has 86 valence electrons. The van der Waals surface area contributed by atoms with Crippen molar-refractivity contribution in [3.8, 4) is 11.8 Å². The van der Waals surface area contributed by atoms with E-state index in [-0.39, 0.29) is 5.56 Å². The highest BCUT2D eigenvalue weighted by molar-refractivity contribution is 5.43. The number of halogens is 1. The number of hydrogen-bond acceptors (Lipinski definition) is 3. The van der Waals surface area contributed by atoms with Crippen molar-refractivity contribution >= 4 is 0 Å². The molecule has 0 unspecified atom stereocenters. The number of benzene rings is 1. The van der Waals surface area contributed by atoms with Gasteiger partial charge in [-0.15, -0.1) is 0 Å². The zero-order valence-corrected chi connectivity index (χ0v) is 9.29. The summed E-state index contributed by atoms with van der Waals surface area (Å²) in [6.45, 7) is 4.28. The molecule has 1 aromatic carbocycles. The second-order valence-corrected chi connectivity index (χ2v) is 3.28. The van der Waals surface area contributed by atoms with Crippen LogP contribution in [0.4, 0.5) is 4.39 Å². The first-order valence-corrected chi connectivity index (χ1v) is 5.31. The molecule has 16 heavy (non-hydrogen) atoms. The Labute approximate surface area is 94.8 Å². The van der Waals surface area contributed by atoms with Crippen molar-refractivity contribution in [2.45, 2.75) is 13.3 Å². The van der Waals surface area contributed by atoms with E-state index < -0.39 is 5.82 Å². The summed E-state index contributed by atoms with van der Waals surface area (Å²) in [5, 5.41) is 11.9. The summed E-state index contributed by atoms with van der Waals surface area (Å²) in [6, 6.07) is 6.20. The normalized spacial score (nSPS) is 9.81. The maximum atomic E-state index is 13.2. The molecule has 0 heterocycles. The van der Waals surface area contributed by atoms with Gasteiger partial charge in [0.1, 0.15) is 23.2 Å². The number of rotatable bonds is 6. The lowest BCUT2D eigenvalue weighted by Gasteiger charge is -2.08. The van der Waals surface area contributed by atoms with Crippen LogP contribution in [-0.2, 0) is 0 Å². The summed E-state index contributed by atoms with van der Waals surface area (Å²) < 4.78 is 18.5. The Balaban J connectivity index is 2.48. The summed E-state index contributed by atoms with van der Waals surface area (Å²) >= 11 is 0. The molecule has 1 N–H and O–H groups in total. The lowest BCUT2D eigenvalue weighted by Crippen LogP contribution is -2.16. The lowest BCUT2D eigenvalue weighted by atomic mass is 10.2. The fraction of sp³-hybridized carbons (Fsp3) is 0.417. The van der Waals surface area contributed by atoms with Gasteiger partial charge in [0.15, 0.2) is 0 Å². The maximum Gasteiger partial charge on any atom is 0.144 e. The van der Waals surface area contributed by atoms with E-state index in [4.69, 9.17) is 10.00 Å². The largest absolute Gasteiger partial charge is 0.492 e. The Morgan fingerprint density at radius 3 is 3.00 bits per heavy atom. The highest BCUT2D eigenvalue weighted by Gasteiger charge is 2.07. The average Bonchev–Trinajstić information content (AvgIpc) is 2.29. The summed E-state index contributed by atoms with van der Waals surface area (Å²) in [6.07, 6.45) is 0.829. The predicted octanol–water partition coefficient (Wildman–Crippen LogP) is 2.08. The van der Waals surface area contributed by atoms with Gasteiger partial charge in [0.25, 0.3) is 0 Å². The molecule has 0 fully saturated rings. The van der Waals surface area contributed by atoms with Gasteiger partial charge in [-0.25, -0.2) is 4.39 Å². The molecule has 0 aliphatic rings. The molecule has 0 saturated heterocycles. The number of hydrogen-bond donors (Lipinski definition) is 1. The zero-order valence-electron chi connectivity index (χ0n) is 9.29. The Kier molecular flexibility index (Phi) is 5.30. The summed E-state index contributed by atoms with van der Waals surface area (Å²) in [7, 11) is 0. The summed E-state index contributed by atoms with van der Waals surface area (Å²) in [4.78, 5) is 0. The van der Waals surface area contributed by atoms with Gasteiger partial charge in [-0.05, 0) is 31.6 Å². The fourth-order valence-electron chi connectivity index (χ4n) is 1.29. The van der Waals surface area contributed by atoms with Crippen LogP contribution in [0.15, 0.2) is 18.2 Å². The van der Waals surface area contributed by atoms with E-state index in [1.54, 1.807) is 12.1 Å². The minimum absolute atomic E-state index is 0.0223. The van der Waals surface area contributed by atoms with Gasteiger partial charge in [-0.3, -0.25) is 0 Å². The lowest BCUT2D eigenvalue weighted by molar-refractivity contribution is 0.306. The van der Waals surface area contributed by atoms with E-state index in [9.17, 15) is 4.39 Å². The Hall–Kier alpha value is -1.60. The van der Waals surface area contributed by atoms with E-state index >= 15 is 0 Å². The number of nitrogens with one attached hydrogen (secondary N) is 1. The molecule has 1 aromatic rings. The molecular weight excluding hydrogens is 207 g/mol.